The lowest BCUT2D eigenvalue weighted by Gasteiger charge is -2.29. The van der Waals surface area contributed by atoms with Gasteiger partial charge < -0.3 is 5.32 Å². The van der Waals surface area contributed by atoms with E-state index in [0.717, 1.165) is 30.3 Å². The topological polar surface area (TPSA) is 85.2 Å². The van der Waals surface area contributed by atoms with E-state index in [-0.39, 0.29) is 27.5 Å². The second-order valence-corrected chi connectivity index (χ2v) is 8.17. The molecule has 0 aromatic heterocycles. The van der Waals surface area contributed by atoms with Gasteiger partial charge in [-0.1, -0.05) is 46.9 Å². The van der Waals surface area contributed by atoms with E-state index in [0.29, 0.717) is 12.1 Å². The highest BCUT2D eigenvalue weighted by atomic mass is 35.5. The molecular formula is C22H12Cl3F4N3O2. The van der Waals surface area contributed by atoms with Crippen LogP contribution in [0.15, 0.2) is 54.6 Å². The molecule has 0 aliphatic rings. The predicted octanol–water partition coefficient (Wildman–Crippen LogP) is 7.35. The van der Waals surface area contributed by atoms with Gasteiger partial charge in [0.1, 0.15) is 6.07 Å². The van der Waals surface area contributed by atoms with Crippen LogP contribution in [0, 0.1) is 11.3 Å². The SMILES string of the molecule is N#Cc1ccc(C(=O)Nc2c(Cl)cc(C(F)(c3ccc(Cl)cc3)C(F)(F)F)cc2Cl)cc1NO. The lowest BCUT2D eigenvalue weighted by Crippen LogP contribution is -2.39. The van der Waals surface area contributed by atoms with Gasteiger partial charge >= 0.3 is 6.18 Å². The van der Waals surface area contributed by atoms with Gasteiger partial charge in [-0.25, -0.2) is 4.39 Å². The Hall–Kier alpha value is -3.03. The van der Waals surface area contributed by atoms with Crippen molar-refractivity contribution in [2.24, 2.45) is 0 Å². The summed E-state index contributed by atoms with van der Waals surface area (Å²) < 4.78 is 57.3. The fourth-order valence-corrected chi connectivity index (χ4v) is 3.83. The van der Waals surface area contributed by atoms with Gasteiger partial charge in [0.05, 0.1) is 27.0 Å². The maximum Gasteiger partial charge on any atom is 0.431 e. The van der Waals surface area contributed by atoms with E-state index in [4.69, 9.17) is 45.3 Å². The van der Waals surface area contributed by atoms with Crippen LogP contribution in [0.3, 0.4) is 0 Å². The number of nitrogens with one attached hydrogen (secondary N) is 2. The second-order valence-electron chi connectivity index (χ2n) is 6.92. The van der Waals surface area contributed by atoms with E-state index in [9.17, 15) is 18.0 Å². The molecular weight excluding hydrogens is 521 g/mol. The van der Waals surface area contributed by atoms with Crippen LogP contribution in [0.2, 0.25) is 15.1 Å². The number of alkyl halides is 4. The molecule has 0 spiro atoms. The van der Waals surface area contributed by atoms with Gasteiger partial charge in [0, 0.05) is 21.7 Å². The molecule has 34 heavy (non-hydrogen) atoms. The van der Waals surface area contributed by atoms with Crippen molar-refractivity contribution >= 4 is 52.1 Å². The molecule has 12 heteroatoms. The average molecular weight is 533 g/mol. The summed E-state index contributed by atoms with van der Waals surface area (Å²) in [5.74, 6) is -0.808. The summed E-state index contributed by atoms with van der Waals surface area (Å²) in [6, 6.07) is 10.9. The second kappa shape index (κ2) is 9.68. The Bertz CT molecular complexity index is 1270. The Kier molecular flexibility index (Phi) is 7.29. The van der Waals surface area contributed by atoms with Crippen molar-refractivity contribution in [1.29, 1.82) is 5.26 Å². The molecule has 1 atom stereocenters. The van der Waals surface area contributed by atoms with Crippen LogP contribution in [0.1, 0.15) is 27.0 Å². The van der Waals surface area contributed by atoms with E-state index in [1.165, 1.54) is 12.1 Å². The normalized spacial score (nSPS) is 13.0. The molecule has 5 nitrogen and oxygen atoms in total. The molecule has 3 rings (SSSR count). The molecule has 0 radical (unpaired) electrons. The van der Waals surface area contributed by atoms with Gasteiger partial charge in [-0.3, -0.25) is 15.5 Å². The fraction of sp³-hybridized carbons (Fsp3) is 0.0909. The van der Waals surface area contributed by atoms with Crippen molar-refractivity contribution in [3.8, 4) is 6.07 Å². The molecule has 176 valence electrons. The maximum absolute atomic E-state index is 15.6. The first-order chi connectivity index (χ1) is 15.9. The number of carbonyl (C=O) groups excluding carboxylic acids is 1. The molecule has 0 saturated carbocycles. The van der Waals surface area contributed by atoms with Gasteiger partial charge in [0.15, 0.2) is 0 Å². The first-order valence-electron chi connectivity index (χ1n) is 9.19. The average Bonchev–Trinajstić information content (AvgIpc) is 2.79. The minimum absolute atomic E-state index is 0.0388. The number of nitrogens with zero attached hydrogens (tertiary/aromatic N) is 1. The van der Waals surface area contributed by atoms with E-state index in [1.54, 1.807) is 11.5 Å². The van der Waals surface area contributed by atoms with Crippen molar-refractivity contribution in [2.75, 3.05) is 10.8 Å². The summed E-state index contributed by atoms with van der Waals surface area (Å²) in [5.41, 5.74) is -4.15. The monoisotopic (exact) mass is 531 g/mol. The van der Waals surface area contributed by atoms with Crippen LogP contribution in [0.5, 0.6) is 0 Å². The Balaban J connectivity index is 2.02. The lowest BCUT2D eigenvalue weighted by molar-refractivity contribution is -0.219. The van der Waals surface area contributed by atoms with Crippen LogP contribution < -0.4 is 10.8 Å². The number of carbonyl (C=O) groups is 1. The van der Waals surface area contributed by atoms with E-state index in [1.807, 2.05) is 0 Å². The van der Waals surface area contributed by atoms with Crippen molar-refractivity contribution in [3.63, 3.8) is 0 Å². The number of hydrogen-bond acceptors (Lipinski definition) is 4. The highest BCUT2D eigenvalue weighted by molar-refractivity contribution is 6.40. The minimum Gasteiger partial charge on any atom is -0.319 e. The van der Waals surface area contributed by atoms with E-state index < -0.39 is 38.9 Å². The third kappa shape index (κ3) is 4.76. The zero-order chi connectivity index (χ0) is 25.3. The standard InChI is InChI=1S/C22H12Cl3F4N3O2/c23-15-5-3-13(4-6-15)21(26,22(27,28)29)14-8-16(24)19(17(25)9-14)31-20(33)11-1-2-12(10-30)18(7-11)32-34/h1-9,32,34H,(H,31,33). The molecule has 0 bridgehead atoms. The highest BCUT2D eigenvalue weighted by Crippen LogP contribution is 2.50. The number of rotatable bonds is 5. The fourth-order valence-electron chi connectivity index (χ4n) is 3.13. The molecule has 1 unspecified atom stereocenters. The quantitative estimate of drug-likeness (QED) is 0.237. The number of halogens is 7. The maximum atomic E-state index is 15.6. The van der Waals surface area contributed by atoms with Crippen LogP contribution in [-0.2, 0) is 5.67 Å². The van der Waals surface area contributed by atoms with E-state index in [2.05, 4.69) is 5.32 Å². The number of benzene rings is 3. The molecule has 1 amide bonds. The van der Waals surface area contributed by atoms with Crippen molar-refractivity contribution in [3.05, 3.63) is 91.9 Å². The van der Waals surface area contributed by atoms with E-state index >= 15 is 4.39 Å². The Morgan fingerprint density at radius 1 is 0.912 bits per heavy atom. The first kappa shape index (κ1) is 25.6. The van der Waals surface area contributed by atoms with Crippen molar-refractivity contribution < 1.29 is 27.6 Å². The predicted molar refractivity (Wildman–Crippen MR) is 120 cm³/mol. The summed E-state index contributed by atoms with van der Waals surface area (Å²) in [6.07, 6.45) is -5.38. The minimum atomic E-state index is -5.38. The molecule has 0 fully saturated rings. The number of anilines is 2. The first-order valence-corrected chi connectivity index (χ1v) is 10.3. The van der Waals surface area contributed by atoms with Crippen LogP contribution >= 0.6 is 34.8 Å². The summed E-state index contributed by atoms with van der Waals surface area (Å²) in [4.78, 5) is 12.6. The van der Waals surface area contributed by atoms with Crippen LogP contribution in [-0.4, -0.2) is 17.3 Å². The van der Waals surface area contributed by atoms with Gasteiger partial charge in [-0.05, 0) is 42.5 Å². The van der Waals surface area contributed by atoms with Gasteiger partial charge in [0.25, 0.3) is 11.6 Å². The third-order valence-corrected chi connectivity index (χ3v) is 5.68. The number of amides is 1. The number of hydrogen-bond donors (Lipinski definition) is 3. The molecule has 0 aliphatic heterocycles. The summed E-state index contributed by atoms with van der Waals surface area (Å²) in [7, 11) is 0. The van der Waals surface area contributed by atoms with Crippen LogP contribution in [0.25, 0.3) is 0 Å². The van der Waals surface area contributed by atoms with Crippen molar-refractivity contribution in [1.82, 2.24) is 0 Å². The summed E-state index contributed by atoms with van der Waals surface area (Å²) >= 11 is 17.9. The lowest BCUT2D eigenvalue weighted by atomic mass is 9.87. The molecule has 3 aromatic carbocycles. The van der Waals surface area contributed by atoms with Crippen molar-refractivity contribution in [2.45, 2.75) is 11.8 Å². The molecule has 0 aliphatic carbocycles. The Morgan fingerprint density at radius 3 is 2.00 bits per heavy atom. The third-order valence-electron chi connectivity index (χ3n) is 4.83. The highest BCUT2D eigenvalue weighted by Gasteiger charge is 2.58. The summed E-state index contributed by atoms with van der Waals surface area (Å²) in [5, 5.41) is 19.6. The summed E-state index contributed by atoms with van der Waals surface area (Å²) in [6.45, 7) is 0. The smallest absolute Gasteiger partial charge is 0.319 e. The zero-order valence-corrected chi connectivity index (χ0v) is 18.9. The molecule has 0 saturated heterocycles. The Morgan fingerprint density at radius 2 is 1.50 bits per heavy atom. The molecule has 0 heterocycles. The number of nitriles is 1. The molecule has 3 N–H and O–H groups in total. The zero-order valence-electron chi connectivity index (χ0n) is 16.6. The Labute approximate surface area is 205 Å². The van der Waals surface area contributed by atoms with Gasteiger partial charge in [-0.15, -0.1) is 0 Å². The largest absolute Gasteiger partial charge is 0.431 e. The van der Waals surface area contributed by atoms with Gasteiger partial charge in [-0.2, -0.15) is 18.4 Å². The van der Waals surface area contributed by atoms with Gasteiger partial charge in [0.2, 0.25) is 0 Å². The van der Waals surface area contributed by atoms with Crippen LogP contribution in [0.4, 0.5) is 28.9 Å². The molecule has 3 aromatic rings.